The van der Waals surface area contributed by atoms with Crippen molar-refractivity contribution in [3.63, 3.8) is 0 Å². The Morgan fingerprint density at radius 1 is 1.37 bits per heavy atom. The predicted octanol–water partition coefficient (Wildman–Crippen LogP) is -0.573. The van der Waals surface area contributed by atoms with Gasteiger partial charge in [-0.25, -0.2) is 0 Å². The Morgan fingerprint density at radius 3 is 2.63 bits per heavy atom. The van der Waals surface area contributed by atoms with Crippen LogP contribution in [-0.2, 0) is 4.74 Å². The van der Waals surface area contributed by atoms with Crippen molar-refractivity contribution in [2.24, 2.45) is 0 Å². The molecule has 0 unspecified atom stereocenters. The predicted molar refractivity (Wildman–Crippen MR) is 71.7 cm³/mol. The first-order chi connectivity index (χ1) is 9.04. The average Bonchev–Trinajstić information content (AvgIpc) is 2.79. The Kier molecular flexibility index (Phi) is 6.23. The molecule has 1 aromatic rings. The number of aromatic amines is 1. The molecule has 0 saturated heterocycles. The minimum Gasteiger partial charge on any atom is -0.383 e. The summed E-state index contributed by atoms with van der Waals surface area (Å²) in [5, 5.41) is 6.20. The van der Waals surface area contributed by atoms with Crippen molar-refractivity contribution in [3.8, 4) is 0 Å². The number of rotatable bonds is 8. The first-order valence-electron chi connectivity index (χ1n) is 6.15. The summed E-state index contributed by atoms with van der Waals surface area (Å²) in [5.74, 6) is 0.0294. The third-order valence-electron chi connectivity index (χ3n) is 2.59. The number of nitrogens with zero attached hydrogens (tertiary/aromatic N) is 4. The van der Waals surface area contributed by atoms with E-state index in [0.717, 1.165) is 13.0 Å². The molecule has 1 aromatic heterocycles. The number of hydrogen-bond acceptors (Lipinski definition) is 6. The van der Waals surface area contributed by atoms with Gasteiger partial charge in [-0.1, -0.05) is 0 Å². The third kappa shape index (κ3) is 5.23. The Labute approximate surface area is 112 Å². The first-order valence-corrected chi connectivity index (χ1v) is 6.15. The molecule has 1 rings (SSSR count). The van der Waals surface area contributed by atoms with Crippen molar-refractivity contribution in [2.75, 3.05) is 53.2 Å². The molecule has 1 heterocycles. The van der Waals surface area contributed by atoms with E-state index in [4.69, 9.17) is 10.5 Å². The number of nitrogens with two attached hydrogens (primary N) is 1. The fourth-order valence-electron chi connectivity index (χ4n) is 1.61. The van der Waals surface area contributed by atoms with Crippen LogP contribution in [0.4, 0.5) is 5.95 Å². The number of amides is 1. The van der Waals surface area contributed by atoms with Crippen LogP contribution >= 0.6 is 0 Å². The molecule has 0 aliphatic heterocycles. The number of methoxy groups -OCH3 is 1. The molecule has 0 aliphatic carbocycles. The Bertz CT molecular complexity index is 392. The highest BCUT2D eigenvalue weighted by molar-refractivity contribution is 5.90. The van der Waals surface area contributed by atoms with Gasteiger partial charge in [-0.05, 0) is 27.1 Å². The van der Waals surface area contributed by atoms with E-state index in [1.807, 2.05) is 14.1 Å². The molecule has 0 atom stereocenters. The van der Waals surface area contributed by atoms with Crippen LogP contribution in [0.1, 0.15) is 17.0 Å². The first kappa shape index (κ1) is 15.4. The molecule has 108 valence electrons. The van der Waals surface area contributed by atoms with Gasteiger partial charge in [0.15, 0.2) is 0 Å². The maximum atomic E-state index is 12.2. The maximum Gasteiger partial charge on any atom is 0.291 e. The van der Waals surface area contributed by atoms with Gasteiger partial charge in [0, 0.05) is 20.2 Å². The quantitative estimate of drug-likeness (QED) is 0.656. The minimum absolute atomic E-state index is 0.0725. The van der Waals surface area contributed by atoms with Gasteiger partial charge in [0.1, 0.15) is 0 Å². The second-order valence-electron chi connectivity index (χ2n) is 4.48. The second kappa shape index (κ2) is 7.70. The standard InChI is InChI=1S/C11H22N6O2/c1-16(2)5-4-6-17(7-8-19-3)10(18)9-13-11(12)15-14-9/h4-8H2,1-3H3,(H3,12,13,14,15). The van der Waals surface area contributed by atoms with Crippen LogP contribution in [0.3, 0.4) is 0 Å². The number of ether oxygens (including phenoxy) is 1. The van der Waals surface area contributed by atoms with E-state index >= 15 is 0 Å². The van der Waals surface area contributed by atoms with Crippen molar-refractivity contribution in [3.05, 3.63) is 5.82 Å². The molecule has 1 amide bonds. The average molecular weight is 270 g/mol. The number of nitrogens with one attached hydrogen (secondary N) is 1. The summed E-state index contributed by atoms with van der Waals surface area (Å²) >= 11 is 0. The van der Waals surface area contributed by atoms with Crippen LogP contribution in [0, 0.1) is 0 Å². The molecule has 0 spiro atoms. The van der Waals surface area contributed by atoms with Gasteiger partial charge < -0.3 is 20.3 Å². The van der Waals surface area contributed by atoms with Gasteiger partial charge in [0.05, 0.1) is 6.61 Å². The van der Waals surface area contributed by atoms with Crippen LogP contribution in [-0.4, -0.2) is 78.3 Å². The zero-order valence-corrected chi connectivity index (χ0v) is 11.7. The summed E-state index contributed by atoms with van der Waals surface area (Å²) in [4.78, 5) is 19.8. The van der Waals surface area contributed by atoms with Crippen molar-refractivity contribution in [1.29, 1.82) is 0 Å². The normalized spacial score (nSPS) is 10.9. The van der Waals surface area contributed by atoms with Crippen molar-refractivity contribution < 1.29 is 9.53 Å². The highest BCUT2D eigenvalue weighted by Gasteiger charge is 2.18. The molecule has 0 aromatic carbocycles. The maximum absolute atomic E-state index is 12.2. The van der Waals surface area contributed by atoms with Gasteiger partial charge in [0.2, 0.25) is 11.8 Å². The Hall–Kier alpha value is -1.67. The number of anilines is 1. The molecule has 0 aliphatic rings. The molecule has 8 heteroatoms. The van der Waals surface area contributed by atoms with E-state index in [9.17, 15) is 4.79 Å². The fraction of sp³-hybridized carbons (Fsp3) is 0.727. The Morgan fingerprint density at radius 2 is 2.11 bits per heavy atom. The number of aromatic nitrogens is 3. The van der Waals surface area contributed by atoms with Crippen molar-refractivity contribution in [1.82, 2.24) is 25.0 Å². The number of nitrogen functional groups attached to an aromatic ring is 1. The summed E-state index contributed by atoms with van der Waals surface area (Å²) in [6.45, 7) is 2.55. The van der Waals surface area contributed by atoms with Crippen molar-refractivity contribution >= 4 is 11.9 Å². The second-order valence-corrected chi connectivity index (χ2v) is 4.48. The summed E-state index contributed by atoms with van der Waals surface area (Å²) in [6.07, 6.45) is 0.881. The molecular weight excluding hydrogens is 248 g/mol. The van der Waals surface area contributed by atoms with E-state index in [2.05, 4.69) is 20.1 Å². The summed E-state index contributed by atoms with van der Waals surface area (Å²) in [7, 11) is 5.60. The molecule has 8 nitrogen and oxygen atoms in total. The number of carbonyl (C=O) groups is 1. The summed E-state index contributed by atoms with van der Waals surface area (Å²) < 4.78 is 5.02. The molecule has 0 radical (unpaired) electrons. The van der Waals surface area contributed by atoms with Gasteiger partial charge >= 0.3 is 0 Å². The van der Waals surface area contributed by atoms with Crippen LogP contribution < -0.4 is 5.73 Å². The number of hydrogen-bond donors (Lipinski definition) is 2. The van der Waals surface area contributed by atoms with Gasteiger partial charge in [-0.15, -0.1) is 5.10 Å². The van der Waals surface area contributed by atoms with Crippen LogP contribution in [0.15, 0.2) is 0 Å². The smallest absolute Gasteiger partial charge is 0.291 e. The highest BCUT2D eigenvalue weighted by atomic mass is 16.5. The molecule has 0 saturated carbocycles. The molecule has 19 heavy (non-hydrogen) atoms. The van der Waals surface area contributed by atoms with Gasteiger partial charge in [-0.2, -0.15) is 4.98 Å². The molecule has 0 bridgehead atoms. The lowest BCUT2D eigenvalue weighted by Gasteiger charge is -2.22. The third-order valence-corrected chi connectivity index (χ3v) is 2.59. The minimum atomic E-state index is -0.208. The largest absolute Gasteiger partial charge is 0.383 e. The highest BCUT2D eigenvalue weighted by Crippen LogP contribution is 2.02. The number of H-pyrrole nitrogens is 1. The van der Waals surface area contributed by atoms with E-state index in [1.54, 1.807) is 12.0 Å². The van der Waals surface area contributed by atoms with Gasteiger partial charge in [-0.3, -0.25) is 9.89 Å². The molecule has 0 fully saturated rings. The van der Waals surface area contributed by atoms with Crippen LogP contribution in [0.5, 0.6) is 0 Å². The van der Waals surface area contributed by atoms with E-state index in [-0.39, 0.29) is 17.7 Å². The Balaban J connectivity index is 2.59. The van der Waals surface area contributed by atoms with E-state index < -0.39 is 0 Å². The monoisotopic (exact) mass is 270 g/mol. The summed E-state index contributed by atoms with van der Waals surface area (Å²) in [6, 6.07) is 0. The topological polar surface area (TPSA) is 100 Å². The lowest BCUT2D eigenvalue weighted by atomic mass is 10.3. The lowest BCUT2D eigenvalue weighted by Crippen LogP contribution is -2.36. The molecule has 3 N–H and O–H groups in total. The van der Waals surface area contributed by atoms with Crippen molar-refractivity contribution in [2.45, 2.75) is 6.42 Å². The van der Waals surface area contributed by atoms with Crippen LogP contribution in [0.2, 0.25) is 0 Å². The molecular formula is C11H22N6O2. The zero-order chi connectivity index (χ0) is 14.3. The van der Waals surface area contributed by atoms with Gasteiger partial charge in [0.25, 0.3) is 5.91 Å². The summed E-state index contributed by atoms with van der Waals surface area (Å²) in [5.41, 5.74) is 5.40. The van der Waals surface area contributed by atoms with Crippen LogP contribution in [0.25, 0.3) is 0 Å². The zero-order valence-electron chi connectivity index (χ0n) is 11.7. The fourth-order valence-corrected chi connectivity index (χ4v) is 1.61. The lowest BCUT2D eigenvalue weighted by molar-refractivity contribution is 0.0678. The van der Waals surface area contributed by atoms with E-state index in [1.165, 1.54) is 0 Å². The SMILES string of the molecule is COCCN(CCCN(C)C)C(=O)c1nc(N)n[nH]1. The van der Waals surface area contributed by atoms with E-state index in [0.29, 0.717) is 19.7 Å². The number of carbonyl (C=O) groups excluding carboxylic acids is 1.